The summed E-state index contributed by atoms with van der Waals surface area (Å²) in [5.74, 6) is -4.84. The molecule has 0 saturated carbocycles. The van der Waals surface area contributed by atoms with Crippen molar-refractivity contribution in [2.24, 2.45) is 0 Å². The highest BCUT2D eigenvalue weighted by Crippen LogP contribution is 2.28. The maximum atomic E-state index is 14.5. The molecule has 3 amide bonds. The molecule has 1 unspecified atom stereocenters. The Morgan fingerprint density at radius 2 is 1.62 bits per heavy atom. The number of hydrogen-bond donors (Lipinski definition) is 2. The highest BCUT2D eigenvalue weighted by atomic mass is 19.2. The molecule has 0 aliphatic carbocycles. The van der Waals surface area contributed by atoms with Crippen molar-refractivity contribution in [2.75, 3.05) is 26.2 Å². The zero-order valence-electron chi connectivity index (χ0n) is 23.2. The third-order valence-corrected chi connectivity index (χ3v) is 6.50. The van der Waals surface area contributed by atoms with Gasteiger partial charge in [0.15, 0.2) is 17.5 Å². The lowest BCUT2D eigenvalue weighted by atomic mass is 10.0. The number of carbonyl (C=O) groups excluding carboxylic acids is 3. The third kappa shape index (κ3) is 7.56. The highest BCUT2D eigenvalue weighted by Gasteiger charge is 2.29. The lowest BCUT2D eigenvalue weighted by molar-refractivity contribution is -0.133. The monoisotopic (exact) mass is 589 g/mol. The van der Waals surface area contributed by atoms with Gasteiger partial charge in [0, 0.05) is 60.9 Å². The van der Waals surface area contributed by atoms with E-state index in [0.717, 1.165) is 0 Å². The first-order valence-corrected chi connectivity index (χ1v) is 13.2. The summed E-state index contributed by atoms with van der Waals surface area (Å²) in [7, 11) is 0. The molecule has 1 aromatic heterocycles. The minimum atomic E-state index is -1.39. The van der Waals surface area contributed by atoms with E-state index in [9.17, 15) is 32.3 Å². The summed E-state index contributed by atoms with van der Waals surface area (Å²) in [6, 6.07) is 7.41. The van der Waals surface area contributed by atoms with Gasteiger partial charge >= 0.3 is 11.8 Å². The number of carbonyl (C=O) groups is 3. The van der Waals surface area contributed by atoms with Gasteiger partial charge in [-0.15, -0.1) is 0 Å². The van der Waals surface area contributed by atoms with Crippen LogP contribution in [0.25, 0.3) is 11.4 Å². The highest BCUT2D eigenvalue weighted by molar-refractivity contribution is 5.94. The summed E-state index contributed by atoms with van der Waals surface area (Å²) in [5.41, 5.74) is -0.0941. The second-order valence-electron chi connectivity index (χ2n) is 10.8. The van der Waals surface area contributed by atoms with E-state index in [-0.39, 0.29) is 62.2 Å². The van der Waals surface area contributed by atoms with Gasteiger partial charge in [0.2, 0.25) is 5.91 Å². The lowest BCUT2D eigenvalue weighted by Crippen LogP contribution is -2.50. The Kier molecular flexibility index (Phi) is 9.02. The largest absolute Gasteiger partial charge is 0.441 e. The van der Waals surface area contributed by atoms with Crippen LogP contribution in [-0.4, -0.2) is 69.6 Å². The normalized spacial score (nSPS) is 14.4. The molecule has 4 rings (SSSR count). The Morgan fingerprint density at radius 3 is 2.21 bits per heavy atom. The molecule has 1 aliphatic rings. The molecule has 0 radical (unpaired) electrons. The number of H-pyrrole nitrogens is 1. The van der Waals surface area contributed by atoms with E-state index < -0.39 is 40.9 Å². The van der Waals surface area contributed by atoms with E-state index in [4.69, 9.17) is 4.74 Å². The number of nitrogens with zero attached hydrogens (tertiary/aromatic N) is 3. The summed E-state index contributed by atoms with van der Waals surface area (Å²) in [6.07, 6.45) is -2.61. The minimum absolute atomic E-state index is 0.175. The van der Waals surface area contributed by atoms with Crippen molar-refractivity contribution in [2.45, 2.75) is 45.3 Å². The van der Waals surface area contributed by atoms with E-state index in [0.29, 0.717) is 23.3 Å². The van der Waals surface area contributed by atoms with Crippen molar-refractivity contribution in [3.63, 3.8) is 0 Å². The van der Waals surface area contributed by atoms with E-state index in [2.05, 4.69) is 20.0 Å². The second-order valence-corrected chi connectivity index (χ2v) is 10.8. The third-order valence-electron chi connectivity index (χ3n) is 6.50. The SMILES string of the molecule is CC(C)(C)NC(=O)OC(CCC(=O)N1CCN(C(=O)c2ccc(-c3noc(=O)[nH]3)cc2)CC1)c1cc(F)c(F)cc1F. The van der Waals surface area contributed by atoms with Crippen molar-refractivity contribution < 1.29 is 36.8 Å². The van der Waals surface area contributed by atoms with Crippen molar-refractivity contribution in [3.8, 4) is 11.4 Å². The van der Waals surface area contributed by atoms with Gasteiger partial charge in [0.05, 0.1) is 0 Å². The van der Waals surface area contributed by atoms with Gasteiger partial charge in [-0.1, -0.05) is 17.3 Å². The molecule has 0 bridgehead atoms. The van der Waals surface area contributed by atoms with Crippen LogP contribution >= 0.6 is 0 Å². The fraction of sp³-hybridized carbons (Fsp3) is 0.393. The molecular formula is C28H30F3N5O6. The van der Waals surface area contributed by atoms with Crippen LogP contribution in [0.4, 0.5) is 18.0 Å². The summed E-state index contributed by atoms with van der Waals surface area (Å²) in [6.45, 7) is 6.09. The Bertz CT molecular complexity index is 1510. The number of hydrogen-bond acceptors (Lipinski definition) is 7. The fourth-order valence-electron chi connectivity index (χ4n) is 4.41. The number of benzene rings is 2. The molecule has 14 heteroatoms. The number of nitrogens with one attached hydrogen (secondary N) is 2. The van der Waals surface area contributed by atoms with Crippen LogP contribution in [0.5, 0.6) is 0 Å². The number of ether oxygens (including phenoxy) is 1. The molecule has 2 aromatic carbocycles. The van der Waals surface area contributed by atoms with Crippen LogP contribution in [0.15, 0.2) is 45.7 Å². The Hall–Kier alpha value is -4.62. The van der Waals surface area contributed by atoms with Crippen molar-refractivity contribution >= 4 is 17.9 Å². The first-order chi connectivity index (χ1) is 19.8. The Morgan fingerprint density at radius 1 is 1.00 bits per heavy atom. The van der Waals surface area contributed by atoms with Crippen LogP contribution in [0.3, 0.4) is 0 Å². The fourth-order valence-corrected chi connectivity index (χ4v) is 4.41. The molecule has 0 spiro atoms. The van der Waals surface area contributed by atoms with Crippen molar-refractivity contribution in [3.05, 3.63) is 75.5 Å². The number of aromatic nitrogens is 2. The number of alkyl carbamates (subject to hydrolysis) is 1. The lowest BCUT2D eigenvalue weighted by Gasteiger charge is -2.35. The van der Waals surface area contributed by atoms with Gasteiger partial charge in [-0.3, -0.25) is 19.1 Å². The van der Waals surface area contributed by atoms with Gasteiger partial charge in [-0.25, -0.2) is 22.8 Å². The van der Waals surface area contributed by atoms with Gasteiger partial charge in [-0.05, 0) is 45.4 Å². The topological polar surface area (TPSA) is 138 Å². The average molecular weight is 590 g/mol. The maximum absolute atomic E-state index is 14.5. The zero-order chi connectivity index (χ0) is 30.6. The Balaban J connectivity index is 1.35. The first kappa shape index (κ1) is 30.3. The first-order valence-electron chi connectivity index (χ1n) is 13.2. The average Bonchev–Trinajstić information content (AvgIpc) is 3.38. The van der Waals surface area contributed by atoms with Gasteiger partial charge in [-0.2, -0.15) is 0 Å². The quantitative estimate of drug-likeness (QED) is 0.400. The van der Waals surface area contributed by atoms with E-state index >= 15 is 0 Å². The minimum Gasteiger partial charge on any atom is -0.441 e. The van der Waals surface area contributed by atoms with Crippen LogP contribution in [0, 0.1) is 17.5 Å². The van der Waals surface area contributed by atoms with Crippen molar-refractivity contribution in [1.82, 2.24) is 25.3 Å². The summed E-state index contributed by atoms with van der Waals surface area (Å²) in [5, 5.41) is 6.16. The second kappa shape index (κ2) is 12.5. The molecule has 1 atom stereocenters. The molecule has 11 nitrogen and oxygen atoms in total. The molecule has 2 heterocycles. The molecule has 1 fully saturated rings. The maximum Gasteiger partial charge on any atom is 0.439 e. The standard InChI is InChI=1S/C28H30F3N5O6/c1-28(2,3)33-27(40)41-22(18-14-20(30)21(31)15-19(18)29)8-9-23(37)35-10-12-36(13-11-35)25(38)17-6-4-16(5-7-17)24-32-26(39)42-34-24/h4-7,14-15,22H,8-13H2,1-3H3,(H,33,40)(H,32,34,39). The van der Waals surface area contributed by atoms with Crippen LogP contribution in [0.1, 0.15) is 55.6 Å². The van der Waals surface area contributed by atoms with Crippen LogP contribution in [0.2, 0.25) is 0 Å². The molecular weight excluding hydrogens is 559 g/mol. The number of piperazine rings is 1. The molecule has 224 valence electrons. The van der Waals surface area contributed by atoms with Crippen molar-refractivity contribution in [1.29, 1.82) is 0 Å². The predicted molar refractivity (Wildman–Crippen MR) is 143 cm³/mol. The van der Waals surface area contributed by atoms with E-state index in [1.807, 2.05) is 0 Å². The van der Waals surface area contributed by atoms with Gasteiger partial charge in [0.1, 0.15) is 11.9 Å². The van der Waals surface area contributed by atoms with Crippen LogP contribution < -0.4 is 11.1 Å². The predicted octanol–water partition coefficient (Wildman–Crippen LogP) is 3.78. The van der Waals surface area contributed by atoms with Crippen LogP contribution in [-0.2, 0) is 9.53 Å². The molecule has 42 heavy (non-hydrogen) atoms. The Labute approximate surface area is 238 Å². The van der Waals surface area contributed by atoms with Gasteiger partial charge in [0.25, 0.3) is 5.91 Å². The summed E-state index contributed by atoms with van der Waals surface area (Å²) >= 11 is 0. The molecule has 3 aromatic rings. The number of halogens is 3. The number of aromatic amines is 1. The molecule has 2 N–H and O–H groups in total. The molecule has 1 saturated heterocycles. The number of rotatable bonds is 7. The summed E-state index contributed by atoms with van der Waals surface area (Å²) in [4.78, 5) is 55.0. The summed E-state index contributed by atoms with van der Waals surface area (Å²) < 4.78 is 51.8. The van der Waals surface area contributed by atoms with E-state index in [1.54, 1.807) is 49.9 Å². The molecule has 1 aliphatic heterocycles. The van der Waals surface area contributed by atoms with E-state index in [1.165, 1.54) is 4.90 Å². The zero-order valence-corrected chi connectivity index (χ0v) is 23.2. The number of amides is 3. The van der Waals surface area contributed by atoms with Gasteiger partial charge < -0.3 is 19.9 Å². The smallest absolute Gasteiger partial charge is 0.439 e.